The second-order valence-corrected chi connectivity index (χ2v) is 4.68. The van der Waals surface area contributed by atoms with Crippen molar-refractivity contribution in [3.05, 3.63) is 23.8 Å². The second-order valence-electron chi connectivity index (χ2n) is 4.68. The van der Waals surface area contributed by atoms with Crippen molar-refractivity contribution >= 4 is 23.2 Å². The maximum absolute atomic E-state index is 11.9. The number of hydrogen-bond donors (Lipinski definition) is 3. The number of anilines is 2. The minimum absolute atomic E-state index is 0.0666. The van der Waals surface area contributed by atoms with E-state index >= 15 is 0 Å². The molecule has 5 heteroatoms. The topological polar surface area (TPSA) is 84.2 Å². The van der Waals surface area contributed by atoms with Crippen molar-refractivity contribution in [3.63, 3.8) is 0 Å². The van der Waals surface area contributed by atoms with Gasteiger partial charge in [-0.15, -0.1) is 0 Å². The molecule has 104 valence electrons. The Morgan fingerprint density at radius 1 is 1.32 bits per heavy atom. The number of aryl methyl sites for hydroxylation is 1. The summed E-state index contributed by atoms with van der Waals surface area (Å²) in [4.78, 5) is 22.9. The van der Waals surface area contributed by atoms with Gasteiger partial charge in [-0.25, -0.2) is 0 Å². The first-order chi connectivity index (χ1) is 8.93. The lowest BCUT2D eigenvalue weighted by Gasteiger charge is -2.13. The Morgan fingerprint density at radius 3 is 2.58 bits per heavy atom. The predicted molar refractivity (Wildman–Crippen MR) is 76.9 cm³/mol. The molecule has 1 aromatic carbocycles. The zero-order chi connectivity index (χ0) is 14.4. The van der Waals surface area contributed by atoms with E-state index in [1.807, 2.05) is 26.0 Å². The van der Waals surface area contributed by atoms with Gasteiger partial charge < -0.3 is 16.4 Å². The zero-order valence-electron chi connectivity index (χ0n) is 11.6. The van der Waals surface area contributed by atoms with Gasteiger partial charge in [0, 0.05) is 24.2 Å². The van der Waals surface area contributed by atoms with Crippen molar-refractivity contribution in [1.29, 1.82) is 0 Å². The molecule has 1 atom stereocenters. The number of nitrogens with one attached hydrogen (secondary N) is 2. The lowest BCUT2D eigenvalue weighted by atomic mass is 10.1. The molecule has 0 radical (unpaired) electrons. The van der Waals surface area contributed by atoms with Crippen molar-refractivity contribution < 1.29 is 9.59 Å². The van der Waals surface area contributed by atoms with Crippen molar-refractivity contribution in [2.45, 2.75) is 27.2 Å². The molecule has 0 saturated heterocycles. The SMILES string of the molecule is CC(=O)Nc1cc(NC(=O)C(C)CCN)ccc1C. The minimum Gasteiger partial charge on any atom is -0.330 e. The van der Waals surface area contributed by atoms with Crippen LogP contribution in [-0.2, 0) is 9.59 Å². The summed E-state index contributed by atoms with van der Waals surface area (Å²) in [5.41, 5.74) is 7.75. The molecule has 0 fully saturated rings. The number of carbonyl (C=O) groups is 2. The Bertz CT molecular complexity index is 472. The van der Waals surface area contributed by atoms with E-state index in [-0.39, 0.29) is 17.7 Å². The van der Waals surface area contributed by atoms with E-state index < -0.39 is 0 Å². The fourth-order valence-electron chi connectivity index (χ4n) is 1.67. The Kier molecular flexibility index (Phi) is 5.51. The average Bonchev–Trinajstić information content (AvgIpc) is 2.33. The normalized spacial score (nSPS) is 11.8. The third-order valence-corrected chi connectivity index (χ3v) is 2.86. The van der Waals surface area contributed by atoms with Crippen molar-refractivity contribution in [1.82, 2.24) is 0 Å². The molecule has 5 nitrogen and oxygen atoms in total. The van der Waals surface area contributed by atoms with Gasteiger partial charge in [0.15, 0.2) is 0 Å². The summed E-state index contributed by atoms with van der Waals surface area (Å²) < 4.78 is 0. The molecule has 0 heterocycles. The summed E-state index contributed by atoms with van der Waals surface area (Å²) in [5.74, 6) is -0.332. The molecule has 0 bridgehead atoms. The number of nitrogens with two attached hydrogens (primary N) is 1. The van der Waals surface area contributed by atoms with E-state index in [9.17, 15) is 9.59 Å². The van der Waals surface area contributed by atoms with Gasteiger partial charge in [0.1, 0.15) is 0 Å². The van der Waals surface area contributed by atoms with Crippen molar-refractivity contribution in [2.75, 3.05) is 17.2 Å². The van der Waals surface area contributed by atoms with E-state index in [1.165, 1.54) is 6.92 Å². The molecule has 1 rings (SSSR count). The van der Waals surface area contributed by atoms with Crippen LogP contribution in [0.3, 0.4) is 0 Å². The van der Waals surface area contributed by atoms with Gasteiger partial charge in [-0.05, 0) is 37.6 Å². The summed E-state index contributed by atoms with van der Waals surface area (Å²) in [7, 11) is 0. The summed E-state index contributed by atoms with van der Waals surface area (Å²) in [5, 5.41) is 5.55. The van der Waals surface area contributed by atoms with Gasteiger partial charge in [0.05, 0.1) is 0 Å². The van der Waals surface area contributed by atoms with Crippen LogP contribution >= 0.6 is 0 Å². The lowest BCUT2D eigenvalue weighted by Crippen LogP contribution is -2.22. The van der Waals surface area contributed by atoms with E-state index in [1.54, 1.807) is 6.07 Å². The Balaban J connectivity index is 2.79. The molecule has 0 aliphatic rings. The maximum Gasteiger partial charge on any atom is 0.227 e. The van der Waals surface area contributed by atoms with Crippen LogP contribution in [0.2, 0.25) is 0 Å². The summed E-state index contributed by atoms with van der Waals surface area (Å²) in [6.45, 7) is 5.67. The fourth-order valence-corrected chi connectivity index (χ4v) is 1.67. The number of amides is 2. The van der Waals surface area contributed by atoms with Gasteiger partial charge in [-0.2, -0.15) is 0 Å². The molecule has 2 amide bonds. The number of benzene rings is 1. The molecule has 0 spiro atoms. The van der Waals surface area contributed by atoms with Gasteiger partial charge >= 0.3 is 0 Å². The van der Waals surface area contributed by atoms with E-state index in [2.05, 4.69) is 10.6 Å². The van der Waals surface area contributed by atoms with Crippen LogP contribution in [0.1, 0.15) is 25.8 Å². The number of hydrogen-bond acceptors (Lipinski definition) is 3. The average molecular weight is 263 g/mol. The number of carbonyl (C=O) groups excluding carboxylic acids is 2. The van der Waals surface area contributed by atoms with E-state index in [0.29, 0.717) is 24.3 Å². The molecular formula is C14H21N3O2. The highest BCUT2D eigenvalue weighted by atomic mass is 16.2. The van der Waals surface area contributed by atoms with Crippen LogP contribution in [0.4, 0.5) is 11.4 Å². The third-order valence-electron chi connectivity index (χ3n) is 2.86. The Morgan fingerprint density at radius 2 is 2.00 bits per heavy atom. The van der Waals surface area contributed by atoms with Crippen molar-refractivity contribution in [3.8, 4) is 0 Å². The van der Waals surface area contributed by atoms with Crippen LogP contribution < -0.4 is 16.4 Å². The second kappa shape index (κ2) is 6.89. The molecule has 0 aromatic heterocycles. The first-order valence-electron chi connectivity index (χ1n) is 6.33. The van der Waals surface area contributed by atoms with Gasteiger partial charge in [-0.3, -0.25) is 9.59 Å². The van der Waals surface area contributed by atoms with E-state index in [4.69, 9.17) is 5.73 Å². The lowest BCUT2D eigenvalue weighted by molar-refractivity contribution is -0.119. The largest absolute Gasteiger partial charge is 0.330 e. The van der Waals surface area contributed by atoms with Crippen LogP contribution in [-0.4, -0.2) is 18.4 Å². The highest BCUT2D eigenvalue weighted by Gasteiger charge is 2.12. The summed E-state index contributed by atoms with van der Waals surface area (Å²) in [6.07, 6.45) is 0.649. The quantitative estimate of drug-likeness (QED) is 0.758. The summed E-state index contributed by atoms with van der Waals surface area (Å²) >= 11 is 0. The van der Waals surface area contributed by atoms with Crippen LogP contribution in [0.25, 0.3) is 0 Å². The number of rotatable bonds is 5. The molecule has 19 heavy (non-hydrogen) atoms. The molecule has 0 aliphatic heterocycles. The molecule has 4 N–H and O–H groups in total. The molecular weight excluding hydrogens is 242 g/mol. The molecule has 1 aromatic rings. The standard InChI is InChI=1S/C14H21N3O2/c1-9-4-5-12(8-13(9)16-11(3)18)17-14(19)10(2)6-7-15/h4-5,8,10H,6-7,15H2,1-3H3,(H,16,18)(H,17,19). The first kappa shape index (κ1) is 15.2. The molecule has 0 aliphatic carbocycles. The summed E-state index contributed by atoms with van der Waals surface area (Å²) in [6, 6.07) is 5.42. The molecule has 1 unspecified atom stereocenters. The van der Waals surface area contributed by atoms with Gasteiger partial charge in [0.25, 0.3) is 0 Å². The smallest absolute Gasteiger partial charge is 0.227 e. The Hall–Kier alpha value is -1.88. The van der Waals surface area contributed by atoms with Crippen molar-refractivity contribution in [2.24, 2.45) is 11.7 Å². The van der Waals surface area contributed by atoms with Crippen LogP contribution in [0, 0.1) is 12.8 Å². The van der Waals surface area contributed by atoms with E-state index in [0.717, 1.165) is 5.56 Å². The fraction of sp³-hybridized carbons (Fsp3) is 0.429. The first-order valence-corrected chi connectivity index (χ1v) is 6.33. The molecule has 0 saturated carbocycles. The van der Waals surface area contributed by atoms with Crippen LogP contribution in [0.5, 0.6) is 0 Å². The highest BCUT2D eigenvalue weighted by molar-refractivity contribution is 5.94. The minimum atomic E-state index is -0.136. The maximum atomic E-state index is 11.9. The predicted octanol–water partition coefficient (Wildman–Crippen LogP) is 1.88. The van der Waals surface area contributed by atoms with Crippen LogP contribution in [0.15, 0.2) is 18.2 Å². The monoisotopic (exact) mass is 263 g/mol. The highest BCUT2D eigenvalue weighted by Crippen LogP contribution is 2.21. The van der Waals surface area contributed by atoms with Gasteiger partial charge in [-0.1, -0.05) is 13.0 Å². The Labute approximate surface area is 113 Å². The third kappa shape index (κ3) is 4.71. The zero-order valence-corrected chi connectivity index (χ0v) is 11.6. The van der Waals surface area contributed by atoms with Gasteiger partial charge in [0.2, 0.25) is 11.8 Å².